The third-order valence-electron chi connectivity index (χ3n) is 4.95. The largest absolute Gasteiger partial charge is 0.339 e. The predicted molar refractivity (Wildman–Crippen MR) is 123 cm³/mol. The first-order chi connectivity index (χ1) is 14.6. The van der Waals surface area contributed by atoms with Gasteiger partial charge in [0, 0.05) is 31.7 Å². The fourth-order valence-corrected chi connectivity index (χ4v) is 3.20. The number of amides is 2. The molecular formula is C26H30N2O2. The molecule has 0 unspecified atom stereocenters. The zero-order valence-electron chi connectivity index (χ0n) is 18.3. The molecule has 0 aliphatic rings. The summed E-state index contributed by atoms with van der Waals surface area (Å²) in [5.41, 5.74) is 2.10. The van der Waals surface area contributed by atoms with Crippen LogP contribution in [0.5, 0.6) is 0 Å². The van der Waals surface area contributed by atoms with Gasteiger partial charge in [0.1, 0.15) is 5.57 Å². The fraction of sp³-hybridized carbons (Fsp3) is 0.308. The van der Waals surface area contributed by atoms with E-state index in [-0.39, 0.29) is 17.4 Å². The lowest BCUT2D eigenvalue weighted by Gasteiger charge is -2.24. The molecular weight excluding hydrogens is 372 g/mol. The van der Waals surface area contributed by atoms with Crippen LogP contribution in [0.3, 0.4) is 0 Å². The minimum atomic E-state index is -0.220. The third kappa shape index (κ3) is 5.61. The summed E-state index contributed by atoms with van der Waals surface area (Å²) < 4.78 is 0. The Balaban J connectivity index is 2.78. The molecule has 2 rings (SSSR count). The van der Waals surface area contributed by atoms with E-state index in [2.05, 4.69) is 11.8 Å². The topological polar surface area (TPSA) is 40.6 Å². The van der Waals surface area contributed by atoms with Crippen LogP contribution in [-0.4, -0.2) is 47.8 Å². The highest BCUT2D eigenvalue weighted by Gasteiger charge is 2.26. The standard InChI is InChI=1S/C26H30N2O2/c1-5-27(6-2)25(29)23(20-19-21-15-11-9-12-16-21)24(22-17-13-10-14-18-22)26(30)28(7-3)8-4/h9-18H,5-8H2,1-4H3/b24-23-. The maximum Gasteiger partial charge on any atom is 0.263 e. The minimum absolute atomic E-state index is 0.177. The van der Waals surface area contributed by atoms with E-state index in [0.717, 1.165) is 5.56 Å². The van der Waals surface area contributed by atoms with Crippen molar-refractivity contribution in [2.75, 3.05) is 26.2 Å². The van der Waals surface area contributed by atoms with Gasteiger partial charge in [0.15, 0.2) is 0 Å². The zero-order valence-corrected chi connectivity index (χ0v) is 18.3. The zero-order chi connectivity index (χ0) is 21.9. The number of nitrogens with zero attached hydrogens (tertiary/aromatic N) is 2. The number of rotatable bonds is 7. The molecule has 0 bridgehead atoms. The Hall–Kier alpha value is -3.32. The SMILES string of the molecule is CCN(CC)C(=O)/C(C#Cc1ccccc1)=C(\C(=O)N(CC)CC)c1ccccc1. The average Bonchev–Trinajstić information content (AvgIpc) is 2.79. The molecule has 0 aromatic heterocycles. The summed E-state index contributed by atoms with van der Waals surface area (Å²) >= 11 is 0. The summed E-state index contributed by atoms with van der Waals surface area (Å²) in [4.78, 5) is 30.4. The fourth-order valence-electron chi connectivity index (χ4n) is 3.20. The molecule has 4 heteroatoms. The Morgan fingerprint density at radius 2 is 1.17 bits per heavy atom. The summed E-state index contributed by atoms with van der Waals surface area (Å²) in [6, 6.07) is 18.9. The van der Waals surface area contributed by atoms with Gasteiger partial charge in [-0.3, -0.25) is 9.59 Å². The molecule has 0 aliphatic heterocycles. The molecule has 0 saturated carbocycles. The quantitative estimate of drug-likeness (QED) is 0.514. The van der Waals surface area contributed by atoms with Crippen molar-refractivity contribution in [1.29, 1.82) is 0 Å². The van der Waals surface area contributed by atoms with Crippen molar-refractivity contribution in [2.24, 2.45) is 0 Å². The van der Waals surface area contributed by atoms with E-state index >= 15 is 0 Å². The summed E-state index contributed by atoms with van der Waals surface area (Å²) in [5.74, 6) is 5.74. The smallest absolute Gasteiger partial charge is 0.263 e. The Bertz CT molecular complexity index is 929. The number of carbonyl (C=O) groups is 2. The molecule has 0 aliphatic carbocycles. The molecule has 0 N–H and O–H groups in total. The molecule has 0 atom stereocenters. The van der Waals surface area contributed by atoms with Gasteiger partial charge in [-0.15, -0.1) is 0 Å². The van der Waals surface area contributed by atoms with Gasteiger partial charge in [0.05, 0.1) is 5.57 Å². The molecule has 30 heavy (non-hydrogen) atoms. The van der Waals surface area contributed by atoms with Crippen LogP contribution >= 0.6 is 0 Å². The Morgan fingerprint density at radius 3 is 1.67 bits per heavy atom. The maximum absolute atomic E-state index is 13.5. The van der Waals surface area contributed by atoms with Gasteiger partial charge in [-0.2, -0.15) is 0 Å². The summed E-state index contributed by atoms with van der Waals surface area (Å²) in [6.45, 7) is 9.95. The molecule has 2 aromatic carbocycles. The Kier molecular flexibility index (Phi) is 8.90. The molecule has 4 nitrogen and oxygen atoms in total. The van der Waals surface area contributed by atoms with E-state index in [9.17, 15) is 9.59 Å². The lowest BCUT2D eigenvalue weighted by Crippen LogP contribution is -2.35. The Labute approximate surface area is 180 Å². The van der Waals surface area contributed by atoms with Crippen LogP contribution in [0.1, 0.15) is 38.8 Å². The maximum atomic E-state index is 13.5. The molecule has 0 spiro atoms. The van der Waals surface area contributed by atoms with E-state index < -0.39 is 0 Å². The molecule has 2 aromatic rings. The number of hydrogen-bond acceptors (Lipinski definition) is 2. The van der Waals surface area contributed by atoms with Crippen LogP contribution in [0.4, 0.5) is 0 Å². The number of carbonyl (C=O) groups excluding carboxylic acids is 2. The van der Waals surface area contributed by atoms with Crippen molar-refractivity contribution in [3.8, 4) is 11.8 Å². The van der Waals surface area contributed by atoms with Crippen molar-refractivity contribution >= 4 is 17.4 Å². The number of hydrogen-bond donors (Lipinski definition) is 0. The van der Waals surface area contributed by atoms with Gasteiger partial charge in [-0.1, -0.05) is 60.4 Å². The first kappa shape index (κ1) is 23.0. The number of benzene rings is 2. The van der Waals surface area contributed by atoms with Gasteiger partial charge in [0.25, 0.3) is 11.8 Å². The minimum Gasteiger partial charge on any atom is -0.339 e. The highest BCUT2D eigenvalue weighted by atomic mass is 16.2. The average molecular weight is 403 g/mol. The summed E-state index contributed by atoms with van der Waals surface area (Å²) in [6.07, 6.45) is 0. The lowest BCUT2D eigenvalue weighted by molar-refractivity contribution is -0.127. The normalized spacial score (nSPS) is 11.1. The highest BCUT2D eigenvalue weighted by Crippen LogP contribution is 2.23. The van der Waals surface area contributed by atoms with Crippen molar-refractivity contribution in [1.82, 2.24) is 9.80 Å². The molecule has 0 radical (unpaired) electrons. The van der Waals surface area contributed by atoms with Crippen LogP contribution in [0, 0.1) is 11.8 Å². The van der Waals surface area contributed by atoms with Crippen molar-refractivity contribution in [3.63, 3.8) is 0 Å². The van der Waals surface area contributed by atoms with Crippen LogP contribution < -0.4 is 0 Å². The van der Waals surface area contributed by atoms with E-state index in [1.807, 2.05) is 88.4 Å². The Morgan fingerprint density at radius 1 is 0.700 bits per heavy atom. The van der Waals surface area contributed by atoms with Crippen molar-refractivity contribution in [2.45, 2.75) is 27.7 Å². The van der Waals surface area contributed by atoms with Crippen LogP contribution in [-0.2, 0) is 9.59 Å². The molecule has 0 heterocycles. The molecule has 0 saturated heterocycles. The molecule has 2 amide bonds. The van der Waals surface area contributed by atoms with E-state index in [1.54, 1.807) is 9.80 Å². The highest BCUT2D eigenvalue weighted by molar-refractivity contribution is 6.27. The van der Waals surface area contributed by atoms with Crippen molar-refractivity contribution in [3.05, 3.63) is 77.4 Å². The second kappa shape index (κ2) is 11.6. The molecule has 156 valence electrons. The van der Waals surface area contributed by atoms with Crippen LogP contribution in [0.25, 0.3) is 5.57 Å². The monoisotopic (exact) mass is 402 g/mol. The van der Waals surface area contributed by atoms with Gasteiger partial charge in [0.2, 0.25) is 0 Å². The second-order valence-electron chi connectivity index (χ2n) is 6.69. The van der Waals surface area contributed by atoms with E-state index in [4.69, 9.17) is 0 Å². The molecule has 0 fully saturated rings. The first-order valence-electron chi connectivity index (χ1n) is 10.5. The summed E-state index contributed by atoms with van der Waals surface area (Å²) in [5, 5.41) is 0. The van der Waals surface area contributed by atoms with Gasteiger partial charge in [-0.25, -0.2) is 0 Å². The van der Waals surface area contributed by atoms with E-state index in [0.29, 0.717) is 37.3 Å². The first-order valence-corrected chi connectivity index (χ1v) is 10.5. The van der Waals surface area contributed by atoms with Crippen LogP contribution in [0.2, 0.25) is 0 Å². The predicted octanol–water partition coefficient (Wildman–Crippen LogP) is 4.23. The van der Waals surface area contributed by atoms with Crippen LogP contribution in [0.15, 0.2) is 66.2 Å². The second-order valence-corrected chi connectivity index (χ2v) is 6.69. The lowest BCUT2D eigenvalue weighted by atomic mass is 9.97. The number of likely N-dealkylation sites (N-methyl/N-ethyl adjacent to an activating group) is 2. The third-order valence-corrected chi connectivity index (χ3v) is 4.95. The van der Waals surface area contributed by atoms with E-state index in [1.165, 1.54) is 0 Å². The van der Waals surface area contributed by atoms with Gasteiger partial charge in [-0.05, 0) is 45.4 Å². The summed E-state index contributed by atoms with van der Waals surface area (Å²) in [7, 11) is 0. The van der Waals surface area contributed by atoms with Crippen molar-refractivity contribution < 1.29 is 9.59 Å². The van der Waals surface area contributed by atoms with Gasteiger partial charge >= 0.3 is 0 Å². The van der Waals surface area contributed by atoms with Gasteiger partial charge < -0.3 is 9.80 Å².